The van der Waals surface area contributed by atoms with Crippen LogP contribution < -0.4 is 0 Å². The molecule has 3 fully saturated rings. The summed E-state index contributed by atoms with van der Waals surface area (Å²) in [6, 6.07) is 0. The van der Waals surface area contributed by atoms with Crippen LogP contribution in [0.3, 0.4) is 0 Å². The van der Waals surface area contributed by atoms with Crippen molar-refractivity contribution < 1.29 is 35.8 Å². The Hall–Kier alpha value is -0.500. The van der Waals surface area contributed by atoms with Crippen LogP contribution in [0.15, 0.2) is 0 Å². The number of halogens is 6. The minimum Gasteiger partial charge on any atom is -0.353 e. The molecule has 4 unspecified atom stereocenters. The maximum atomic E-state index is 13.9. The zero-order chi connectivity index (χ0) is 19.4. The highest BCUT2D eigenvalue weighted by atomic mass is 19.4. The van der Waals surface area contributed by atoms with Crippen LogP contribution in [0.1, 0.15) is 58.8 Å². The normalized spacial score (nSPS) is 35.1. The largest absolute Gasteiger partial charge is 0.426 e. The van der Waals surface area contributed by atoms with Crippen LogP contribution in [-0.4, -0.2) is 30.9 Å². The Labute approximate surface area is 149 Å². The molecule has 3 rings (SSSR count). The van der Waals surface area contributed by atoms with Gasteiger partial charge in [0.15, 0.2) is 6.29 Å². The van der Waals surface area contributed by atoms with Crippen LogP contribution in [0, 0.1) is 23.2 Å². The highest BCUT2D eigenvalue weighted by molar-refractivity contribution is 5.07. The third kappa shape index (κ3) is 3.25. The van der Waals surface area contributed by atoms with E-state index in [0.717, 1.165) is 6.42 Å². The zero-order valence-corrected chi connectivity index (χ0v) is 15.1. The number of hydrogen-bond acceptors (Lipinski definition) is 2. The number of alkyl halides is 6. The van der Waals surface area contributed by atoms with Crippen LogP contribution in [-0.2, 0) is 9.47 Å². The van der Waals surface area contributed by atoms with Gasteiger partial charge in [-0.05, 0) is 68.1 Å². The fraction of sp³-hybridized carbons (Fsp3) is 1.00. The molecule has 8 heteroatoms. The summed E-state index contributed by atoms with van der Waals surface area (Å²) in [5, 5.41) is 0. The van der Waals surface area contributed by atoms with Gasteiger partial charge in [-0.25, -0.2) is 0 Å². The maximum Gasteiger partial charge on any atom is 0.426 e. The minimum absolute atomic E-state index is 0.0496. The van der Waals surface area contributed by atoms with Crippen molar-refractivity contribution in [1.82, 2.24) is 0 Å². The monoisotopic (exact) mass is 388 g/mol. The molecule has 0 aromatic carbocycles. The Morgan fingerprint density at radius 2 is 1.62 bits per heavy atom. The summed E-state index contributed by atoms with van der Waals surface area (Å²) in [5.74, 6) is -0.592. The molecule has 2 saturated carbocycles. The molecule has 1 aliphatic heterocycles. The average Bonchev–Trinajstić information content (AvgIpc) is 3.07. The highest BCUT2D eigenvalue weighted by Crippen LogP contribution is 2.64. The van der Waals surface area contributed by atoms with Crippen LogP contribution >= 0.6 is 0 Å². The maximum absolute atomic E-state index is 13.9. The summed E-state index contributed by atoms with van der Waals surface area (Å²) < 4.78 is 93.1. The van der Waals surface area contributed by atoms with Crippen LogP contribution in [0.5, 0.6) is 0 Å². The quantitative estimate of drug-likeness (QED) is 0.562. The van der Waals surface area contributed by atoms with Gasteiger partial charge in [0.1, 0.15) is 0 Å². The fourth-order valence-electron chi connectivity index (χ4n) is 5.31. The molecule has 2 bridgehead atoms. The second-order valence-corrected chi connectivity index (χ2v) is 8.64. The van der Waals surface area contributed by atoms with Crippen molar-refractivity contribution in [3.8, 4) is 0 Å². The van der Waals surface area contributed by atoms with Gasteiger partial charge >= 0.3 is 12.4 Å². The molecule has 1 saturated heterocycles. The highest BCUT2D eigenvalue weighted by Gasteiger charge is 2.74. The topological polar surface area (TPSA) is 18.5 Å². The van der Waals surface area contributed by atoms with Gasteiger partial charge in [-0.1, -0.05) is 13.8 Å². The molecule has 2 nitrogen and oxygen atoms in total. The van der Waals surface area contributed by atoms with E-state index in [0.29, 0.717) is 25.7 Å². The van der Waals surface area contributed by atoms with E-state index in [2.05, 4.69) is 0 Å². The second kappa shape index (κ2) is 6.54. The van der Waals surface area contributed by atoms with Crippen molar-refractivity contribution in [2.45, 2.75) is 83.0 Å². The second-order valence-electron chi connectivity index (χ2n) is 8.64. The minimum atomic E-state index is -5.55. The van der Waals surface area contributed by atoms with Crippen molar-refractivity contribution in [3.05, 3.63) is 0 Å². The van der Waals surface area contributed by atoms with Crippen molar-refractivity contribution in [3.63, 3.8) is 0 Å². The Bertz CT molecular complexity index is 493. The SMILES string of the molecule is CC1(C)C2CCC(C2)C1CC(OC1CCCCO1)(C(F)(F)F)C(F)(F)F. The van der Waals surface area contributed by atoms with Crippen molar-refractivity contribution in [1.29, 1.82) is 0 Å². The zero-order valence-electron chi connectivity index (χ0n) is 15.1. The van der Waals surface area contributed by atoms with Gasteiger partial charge in [0.25, 0.3) is 5.60 Å². The van der Waals surface area contributed by atoms with Gasteiger partial charge in [0.2, 0.25) is 0 Å². The van der Waals surface area contributed by atoms with E-state index in [9.17, 15) is 26.3 Å². The van der Waals surface area contributed by atoms with Crippen LogP contribution in [0.25, 0.3) is 0 Å². The molecular formula is C18H26F6O2. The third-order valence-corrected chi connectivity index (χ3v) is 6.94. The summed E-state index contributed by atoms with van der Waals surface area (Å²) in [6.45, 7) is 3.72. The van der Waals surface area contributed by atoms with E-state index in [1.807, 2.05) is 0 Å². The Kier molecular flexibility index (Phi) is 5.09. The Morgan fingerprint density at radius 1 is 0.962 bits per heavy atom. The lowest BCUT2D eigenvalue weighted by Gasteiger charge is -2.46. The van der Waals surface area contributed by atoms with Crippen molar-refractivity contribution >= 4 is 0 Å². The summed E-state index contributed by atoms with van der Waals surface area (Å²) in [4.78, 5) is 0. The van der Waals surface area contributed by atoms with E-state index in [-0.39, 0.29) is 24.9 Å². The number of hydrogen-bond donors (Lipinski definition) is 0. The molecule has 2 aliphatic carbocycles. The molecule has 3 aliphatic rings. The molecule has 1 heterocycles. The molecule has 0 N–H and O–H groups in total. The Morgan fingerprint density at radius 3 is 2.08 bits per heavy atom. The lowest BCUT2D eigenvalue weighted by molar-refractivity contribution is -0.417. The average molecular weight is 388 g/mol. The van der Waals surface area contributed by atoms with Crippen LogP contribution in [0.4, 0.5) is 26.3 Å². The third-order valence-electron chi connectivity index (χ3n) is 6.94. The molecule has 4 atom stereocenters. The number of rotatable bonds is 4. The van der Waals surface area contributed by atoms with Crippen LogP contribution in [0.2, 0.25) is 0 Å². The van der Waals surface area contributed by atoms with Gasteiger partial charge in [-0.3, -0.25) is 0 Å². The molecular weight excluding hydrogens is 362 g/mol. The standard InChI is InChI=1S/C18H26F6O2/c1-15(2)12-7-6-11(9-12)13(15)10-16(17(19,20)21,18(22,23)24)26-14-5-3-4-8-25-14/h11-14H,3-10H2,1-2H3. The molecule has 152 valence electrons. The lowest BCUT2D eigenvalue weighted by Crippen LogP contribution is -2.62. The van der Waals surface area contributed by atoms with Gasteiger partial charge in [0.05, 0.1) is 0 Å². The van der Waals surface area contributed by atoms with E-state index >= 15 is 0 Å². The van der Waals surface area contributed by atoms with Gasteiger partial charge in [-0.15, -0.1) is 0 Å². The van der Waals surface area contributed by atoms with E-state index in [1.165, 1.54) is 0 Å². The molecule has 0 radical (unpaired) electrons. The first-order chi connectivity index (χ1) is 11.9. The summed E-state index contributed by atoms with van der Waals surface area (Å²) in [7, 11) is 0. The predicted octanol–water partition coefficient (Wildman–Crippen LogP) is 5.86. The number of ether oxygens (including phenoxy) is 2. The molecule has 0 aromatic heterocycles. The molecule has 26 heavy (non-hydrogen) atoms. The van der Waals surface area contributed by atoms with Gasteiger partial charge in [-0.2, -0.15) is 26.3 Å². The van der Waals surface area contributed by atoms with Gasteiger partial charge < -0.3 is 9.47 Å². The van der Waals surface area contributed by atoms with Crippen molar-refractivity contribution in [2.24, 2.45) is 23.2 Å². The first-order valence-electron chi connectivity index (χ1n) is 9.31. The first-order valence-corrected chi connectivity index (χ1v) is 9.31. The number of fused-ring (bicyclic) bond motifs is 2. The summed E-state index contributed by atoms with van der Waals surface area (Å²) in [6.07, 6.45) is -10.2. The molecule has 0 aromatic rings. The predicted molar refractivity (Wildman–Crippen MR) is 82.2 cm³/mol. The lowest BCUT2D eigenvalue weighted by atomic mass is 9.65. The van der Waals surface area contributed by atoms with E-state index in [4.69, 9.17) is 9.47 Å². The molecule has 0 amide bonds. The smallest absolute Gasteiger partial charge is 0.353 e. The Balaban J connectivity index is 1.94. The van der Waals surface area contributed by atoms with E-state index in [1.54, 1.807) is 13.8 Å². The summed E-state index contributed by atoms with van der Waals surface area (Å²) >= 11 is 0. The molecule has 0 spiro atoms. The first kappa shape index (κ1) is 20.2. The fourth-order valence-corrected chi connectivity index (χ4v) is 5.31. The van der Waals surface area contributed by atoms with E-state index < -0.39 is 42.0 Å². The van der Waals surface area contributed by atoms with Crippen molar-refractivity contribution in [2.75, 3.05) is 6.61 Å². The summed E-state index contributed by atoms with van der Waals surface area (Å²) in [5.41, 5.74) is -4.73. The van der Waals surface area contributed by atoms with Gasteiger partial charge in [0, 0.05) is 6.61 Å².